The molecule has 1 aromatic heterocycles. The van der Waals surface area contributed by atoms with Crippen molar-refractivity contribution in [1.82, 2.24) is 14.8 Å². The summed E-state index contributed by atoms with van der Waals surface area (Å²) in [5.74, 6) is 2.21. The van der Waals surface area contributed by atoms with E-state index < -0.39 is 0 Å². The van der Waals surface area contributed by atoms with Crippen LogP contribution in [-0.2, 0) is 11.8 Å². The van der Waals surface area contributed by atoms with Crippen LogP contribution in [0.3, 0.4) is 0 Å². The minimum absolute atomic E-state index is 0.127. The van der Waals surface area contributed by atoms with Crippen LogP contribution in [0.5, 0.6) is 11.5 Å². The van der Waals surface area contributed by atoms with Crippen LogP contribution in [-0.4, -0.2) is 39.6 Å². The van der Waals surface area contributed by atoms with E-state index in [1.54, 1.807) is 6.07 Å². The Bertz CT molecular complexity index is 1020. The molecular weight excluding hydrogens is 456 g/mol. The lowest BCUT2D eigenvalue weighted by Crippen LogP contribution is -2.14. The van der Waals surface area contributed by atoms with Gasteiger partial charge in [0.25, 0.3) is 0 Å². The summed E-state index contributed by atoms with van der Waals surface area (Å²) in [6.07, 6.45) is 0.840. The van der Waals surface area contributed by atoms with Gasteiger partial charge >= 0.3 is 0 Å². The average Bonchev–Trinajstić information content (AvgIpc) is 2.93. The maximum absolute atomic E-state index is 12.4. The Labute approximate surface area is 180 Å². The van der Waals surface area contributed by atoms with Crippen molar-refractivity contribution < 1.29 is 14.3 Å². The normalized spacial score (nSPS) is 13.0. The molecule has 0 bridgehead atoms. The first kappa shape index (κ1) is 19.8. The molecule has 150 valence electrons. The quantitative estimate of drug-likeness (QED) is 0.559. The standard InChI is InChI=1S/C20H19BrN4O3S/c1-25-19(13-3-5-14(21)6-4-13)23-24-20(25)29-12-18(26)22-15-7-8-16-17(11-15)28-10-2-9-27-16/h3-8,11H,2,9-10,12H2,1H3,(H,22,26). The predicted molar refractivity (Wildman–Crippen MR) is 116 cm³/mol. The van der Waals surface area contributed by atoms with Gasteiger partial charge in [-0.2, -0.15) is 0 Å². The molecule has 1 amide bonds. The van der Waals surface area contributed by atoms with Crippen molar-refractivity contribution in [1.29, 1.82) is 0 Å². The van der Waals surface area contributed by atoms with Gasteiger partial charge in [0.1, 0.15) is 0 Å². The van der Waals surface area contributed by atoms with Crippen LogP contribution in [0.25, 0.3) is 11.4 Å². The van der Waals surface area contributed by atoms with Crippen LogP contribution >= 0.6 is 27.7 Å². The molecule has 3 aromatic rings. The second-order valence-corrected chi connectivity index (χ2v) is 8.28. The van der Waals surface area contributed by atoms with E-state index >= 15 is 0 Å². The monoisotopic (exact) mass is 474 g/mol. The molecule has 2 heterocycles. The van der Waals surface area contributed by atoms with Crippen molar-refractivity contribution in [2.75, 3.05) is 24.3 Å². The summed E-state index contributed by atoms with van der Waals surface area (Å²) in [5, 5.41) is 12.0. The van der Waals surface area contributed by atoms with Crippen LogP contribution in [0.15, 0.2) is 52.1 Å². The van der Waals surface area contributed by atoms with Crippen molar-refractivity contribution in [3.8, 4) is 22.9 Å². The summed E-state index contributed by atoms with van der Waals surface area (Å²) in [6, 6.07) is 13.3. The second kappa shape index (κ2) is 8.87. The van der Waals surface area contributed by atoms with Crippen molar-refractivity contribution in [2.45, 2.75) is 11.6 Å². The van der Waals surface area contributed by atoms with E-state index in [1.807, 2.05) is 48.0 Å². The van der Waals surface area contributed by atoms with Crippen LogP contribution in [0, 0.1) is 0 Å². The minimum atomic E-state index is -0.127. The van der Waals surface area contributed by atoms with E-state index in [0.29, 0.717) is 35.6 Å². The van der Waals surface area contributed by atoms with Crippen molar-refractivity contribution in [3.63, 3.8) is 0 Å². The Morgan fingerprint density at radius 1 is 1.14 bits per heavy atom. The molecule has 0 saturated heterocycles. The highest BCUT2D eigenvalue weighted by Gasteiger charge is 2.15. The Hall–Kier alpha value is -2.52. The molecule has 4 rings (SSSR count). The molecule has 0 radical (unpaired) electrons. The minimum Gasteiger partial charge on any atom is -0.490 e. The van der Waals surface area contributed by atoms with Crippen molar-refractivity contribution in [3.05, 3.63) is 46.9 Å². The maximum atomic E-state index is 12.4. The number of hydrogen-bond acceptors (Lipinski definition) is 6. The van der Waals surface area contributed by atoms with Gasteiger partial charge in [0, 0.05) is 35.3 Å². The van der Waals surface area contributed by atoms with Gasteiger partial charge in [-0.05, 0) is 24.3 Å². The Morgan fingerprint density at radius 3 is 2.69 bits per heavy atom. The van der Waals surface area contributed by atoms with Gasteiger partial charge in [0.2, 0.25) is 5.91 Å². The highest BCUT2D eigenvalue weighted by atomic mass is 79.9. The Kier molecular flexibility index (Phi) is 6.05. The summed E-state index contributed by atoms with van der Waals surface area (Å²) in [7, 11) is 1.89. The third-order valence-corrected chi connectivity index (χ3v) is 5.85. The summed E-state index contributed by atoms with van der Waals surface area (Å²) in [4.78, 5) is 12.4. The first-order valence-corrected chi connectivity index (χ1v) is 10.9. The van der Waals surface area contributed by atoms with E-state index in [9.17, 15) is 4.79 Å². The molecule has 0 fully saturated rings. The number of carbonyl (C=O) groups excluding carboxylic acids is 1. The number of nitrogens with one attached hydrogen (secondary N) is 1. The summed E-state index contributed by atoms with van der Waals surface area (Å²) in [5.41, 5.74) is 1.64. The molecule has 0 atom stereocenters. The van der Waals surface area contributed by atoms with Crippen LogP contribution in [0.1, 0.15) is 6.42 Å². The number of ether oxygens (including phenoxy) is 2. The molecule has 9 heteroatoms. The maximum Gasteiger partial charge on any atom is 0.234 e. The lowest BCUT2D eigenvalue weighted by molar-refractivity contribution is -0.113. The van der Waals surface area contributed by atoms with Gasteiger partial charge in [0.05, 0.1) is 19.0 Å². The zero-order valence-electron chi connectivity index (χ0n) is 15.7. The van der Waals surface area contributed by atoms with Gasteiger partial charge in [-0.15, -0.1) is 10.2 Å². The van der Waals surface area contributed by atoms with E-state index in [-0.39, 0.29) is 11.7 Å². The molecule has 1 aliphatic rings. The van der Waals surface area contributed by atoms with E-state index in [1.165, 1.54) is 11.8 Å². The first-order valence-electron chi connectivity index (χ1n) is 9.08. The number of benzene rings is 2. The predicted octanol–water partition coefficient (Wildman–Crippen LogP) is 4.14. The number of anilines is 1. The van der Waals surface area contributed by atoms with Crippen molar-refractivity contribution >= 4 is 39.3 Å². The molecule has 0 aliphatic carbocycles. The molecule has 0 saturated carbocycles. The number of amides is 1. The van der Waals surface area contributed by atoms with Crippen LogP contribution in [0.4, 0.5) is 5.69 Å². The van der Waals surface area contributed by atoms with Gasteiger partial charge in [0.15, 0.2) is 22.5 Å². The van der Waals surface area contributed by atoms with Gasteiger partial charge < -0.3 is 19.4 Å². The van der Waals surface area contributed by atoms with E-state index in [2.05, 4.69) is 31.4 Å². The summed E-state index contributed by atoms with van der Waals surface area (Å²) < 4.78 is 14.2. The fraction of sp³-hybridized carbons (Fsp3) is 0.250. The highest BCUT2D eigenvalue weighted by molar-refractivity contribution is 9.10. The number of rotatable bonds is 5. The largest absolute Gasteiger partial charge is 0.490 e. The third kappa shape index (κ3) is 4.73. The molecule has 29 heavy (non-hydrogen) atoms. The number of carbonyl (C=O) groups is 1. The zero-order valence-corrected chi connectivity index (χ0v) is 18.1. The first-order chi connectivity index (χ1) is 14.1. The summed E-state index contributed by atoms with van der Waals surface area (Å²) in [6.45, 7) is 1.24. The Balaban J connectivity index is 1.38. The smallest absolute Gasteiger partial charge is 0.234 e. The lowest BCUT2D eigenvalue weighted by atomic mass is 10.2. The number of hydrogen-bond donors (Lipinski definition) is 1. The SMILES string of the molecule is Cn1c(SCC(=O)Nc2ccc3c(c2)OCCCO3)nnc1-c1ccc(Br)cc1. The number of thioether (sulfide) groups is 1. The van der Waals surface area contributed by atoms with Gasteiger partial charge in [-0.1, -0.05) is 39.8 Å². The number of nitrogens with zero attached hydrogens (tertiary/aromatic N) is 3. The lowest BCUT2D eigenvalue weighted by Gasteiger charge is -2.10. The van der Waals surface area contributed by atoms with Crippen LogP contribution in [0.2, 0.25) is 0 Å². The number of aromatic nitrogens is 3. The van der Waals surface area contributed by atoms with Gasteiger partial charge in [-0.25, -0.2) is 0 Å². The second-order valence-electron chi connectivity index (χ2n) is 6.42. The fourth-order valence-electron chi connectivity index (χ4n) is 2.86. The average molecular weight is 475 g/mol. The van der Waals surface area contributed by atoms with Gasteiger partial charge in [-0.3, -0.25) is 4.79 Å². The molecule has 7 nitrogen and oxygen atoms in total. The number of fused-ring (bicyclic) bond motifs is 1. The molecule has 1 aliphatic heterocycles. The topological polar surface area (TPSA) is 78.3 Å². The molecule has 2 aromatic carbocycles. The molecule has 0 spiro atoms. The molecule has 1 N–H and O–H groups in total. The zero-order chi connectivity index (χ0) is 20.2. The Morgan fingerprint density at radius 2 is 1.90 bits per heavy atom. The highest BCUT2D eigenvalue weighted by Crippen LogP contribution is 2.32. The van der Waals surface area contributed by atoms with Crippen molar-refractivity contribution in [2.24, 2.45) is 7.05 Å². The number of halogens is 1. The molecular formula is C20H19BrN4O3S. The van der Waals surface area contributed by atoms with E-state index in [4.69, 9.17) is 9.47 Å². The fourth-order valence-corrected chi connectivity index (χ4v) is 3.83. The molecule has 0 unspecified atom stereocenters. The van der Waals surface area contributed by atoms with Crippen LogP contribution < -0.4 is 14.8 Å². The third-order valence-electron chi connectivity index (χ3n) is 4.30. The van der Waals surface area contributed by atoms with E-state index in [0.717, 1.165) is 22.3 Å². The summed E-state index contributed by atoms with van der Waals surface area (Å²) >= 11 is 4.76.